The van der Waals surface area contributed by atoms with E-state index in [0.29, 0.717) is 22.9 Å². The highest BCUT2D eigenvalue weighted by Crippen LogP contribution is 2.29. The number of rotatable bonds is 4. The number of aliphatic carboxylic acids is 1. The van der Waals surface area contributed by atoms with E-state index < -0.39 is 17.5 Å². The molecule has 2 rings (SSSR count). The van der Waals surface area contributed by atoms with E-state index in [9.17, 15) is 19.1 Å². The summed E-state index contributed by atoms with van der Waals surface area (Å²) >= 11 is 3.07. The van der Waals surface area contributed by atoms with Gasteiger partial charge in [-0.05, 0) is 46.5 Å². The molecule has 0 saturated heterocycles. The number of amides is 2. The molecule has 0 atom stereocenters. The molecule has 1 aromatic rings. The smallest absolute Gasteiger partial charge is 0.329 e. The number of carboxylic acids is 1. The van der Waals surface area contributed by atoms with E-state index in [2.05, 4.69) is 26.6 Å². The van der Waals surface area contributed by atoms with Crippen molar-refractivity contribution in [2.24, 2.45) is 0 Å². The van der Waals surface area contributed by atoms with Gasteiger partial charge in [0.2, 0.25) is 0 Å². The summed E-state index contributed by atoms with van der Waals surface area (Å²) in [6.07, 6.45) is 2.46. The molecular formula is C14H16BrFN2O3. The highest BCUT2D eigenvalue weighted by Gasteiger charge is 2.42. The van der Waals surface area contributed by atoms with Crippen LogP contribution < -0.4 is 10.6 Å². The van der Waals surface area contributed by atoms with Crippen LogP contribution in [0.15, 0.2) is 22.7 Å². The first kappa shape index (κ1) is 15.8. The van der Waals surface area contributed by atoms with Crippen LogP contribution in [0.5, 0.6) is 0 Å². The molecule has 3 N–H and O–H groups in total. The molecule has 0 aromatic heterocycles. The molecule has 1 aliphatic rings. The third-order valence-electron chi connectivity index (χ3n) is 3.66. The zero-order valence-electron chi connectivity index (χ0n) is 11.3. The third kappa shape index (κ3) is 3.72. The third-order valence-corrected chi connectivity index (χ3v) is 4.26. The van der Waals surface area contributed by atoms with Crippen LogP contribution in [0.1, 0.15) is 31.2 Å². The van der Waals surface area contributed by atoms with Gasteiger partial charge in [0.05, 0.1) is 4.47 Å². The summed E-state index contributed by atoms with van der Waals surface area (Å²) in [5.74, 6) is -1.38. The van der Waals surface area contributed by atoms with Gasteiger partial charge in [-0.2, -0.15) is 0 Å². The maximum atomic E-state index is 13.1. The maximum Gasteiger partial charge on any atom is 0.329 e. The lowest BCUT2D eigenvalue weighted by molar-refractivity contribution is -0.144. The molecule has 0 unspecified atom stereocenters. The van der Waals surface area contributed by atoms with Crippen molar-refractivity contribution in [2.75, 3.05) is 0 Å². The average molecular weight is 359 g/mol. The number of carbonyl (C=O) groups excluding carboxylic acids is 1. The Kier molecular flexibility index (Phi) is 4.82. The Labute approximate surface area is 130 Å². The summed E-state index contributed by atoms with van der Waals surface area (Å²) < 4.78 is 13.4. The lowest BCUT2D eigenvalue weighted by atomic mass is 9.98. The SMILES string of the molecule is O=C(NCc1ccc(F)c(Br)c1)NC1(C(=O)O)CCCC1. The van der Waals surface area contributed by atoms with Gasteiger partial charge in [-0.15, -0.1) is 0 Å². The second kappa shape index (κ2) is 6.43. The van der Waals surface area contributed by atoms with Crippen molar-refractivity contribution >= 4 is 27.9 Å². The Hall–Kier alpha value is -1.63. The van der Waals surface area contributed by atoms with Crippen LogP contribution in [-0.2, 0) is 11.3 Å². The lowest BCUT2D eigenvalue weighted by Gasteiger charge is -2.25. The molecule has 0 spiro atoms. The normalized spacial score (nSPS) is 16.5. The fourth-order valence-electron chi connectivity index (χ4n) is 2.46. The Morgan fingerprint density at radius 1 is 1.33 bits per heavy atom. The van der Waals surface area contributed by atoms with Gasteiger partial charge >= 0.3 is 12.0 Å². The Bertz CT molecular complexity index is 559. The van der Waals surface area contributed by atoms with E-state index in [-0.39, 0.29) is 12.4 Å². The zero-order valence-corrected chi connectivity index (χ0v) is 12.9. The monoisotopic (exact) mass is 358 g/mol. The minimum Gasteiger partial charge on any atom is -0.480 e. The number of nitrogens with one attached hydrogen (secondary N) is 2. The van der Waals surface area contributed by atoms with Gasteiger partial charge in [-0.3, -0.25) is 0 Å². The van der Waals surface area contributed by atoms with Crippen molar-refractivity contribution < 1.29 is 19.1 Å². The summed E-state index contributed by atoms with van der Waals surface area (Å²) in [7, 11) is 0. The van der Waals surface area contributed by atoms with Crippen molar-refractivity contribution in [2.45, 2.75) is 37.8 Å². The molecule has 1 aliphatic carbocycles. The highest BCUT2D eigenvalue weighted by molar-refractivity contribution is 9.10. The van der Waals surface area contributed by atoms with Crippen molar-refractivity contribution in [3.63, 3.8) is 0 Å². The molecule has 1 fully saturated rings. The molecule has 0 radical (unpaired) electrons. The first-order chi connectivity index (χ1) is 9.93. The van der Waals surface area contributed by atoms with Crippen LogP contribution >= 0.6 is 15.9 Å². The Morgan fingerprint density at radius 3 is 2.57 bits per heavy atom. The van der Waals surface area contributed by atoms with Gasteiger partial charge in [0.15, 0.2) is 0 Å². The summed E-state index contributed by atoms with van der Waals surface area (Å²) in [6, 6.07) is 3.90. The molecule has 2 amide bonds. The second-order valence-corrected chi connectivity index (χ2v) is 6.00. The molecular weight excluding hydrogens is 343 g/mol. The molecule has 21 heavy (non-hydrogen) atoms. The number of halogens is 2. The van der Waals surface area contributed by atoms with Gasteiger partial charge in [-0.1, -0.05) is 18.9 Å². The fraction of sp³-hybridized carbons (Fsp3) is 0.429. The molecule has 7 heteroatoms. The Balaban J connectivity index is 1.92. The zero-order chi connectivity index (χ0) is 15.5. The minimum atomic E-state index is -1.16. The van der Waals surface area contributed by atoms with Crippen LogP contribution in [-0.4, -0.2) is 22.6 Å². The number of carbonyl (C=O) groups is 2. The van der Waals surface area contributed by atoms with Gasteiger partial charge in [0.25, 0.3) is 0 Å². The molecule has 0 bridgehead atoms. The minimum absolute atomic E-state index is 0.195. The Morgan fingerprint density at radius 2 is 2.00 bits per heavy atom. The van der Waals surface area contributed by atoms with E-state index in [1.54, 1.807) is 12.1 Å². The first-order valence-electron chi connectivity index (χ1n) is 6.66. The van der Waals surface area contributed by atoms with Crippen LogP contribution in [0.2, 0.25) is 0 Å². The van der Waals surface area contributed by atoms with E-state index in [1.807, 2.05) is 0 Å². The molecule has 114 valence electrons. The van der Waals surface area contributed by atoms with Crippen LogP contribution in [0.25, 0.3) is 0 Å². The second-order valence-electron chi connectivity index (χ2n) is 5.15. The van der Waals surface area contributed by atoms with Crippen molar-refractivity contribution in [1.82, 2.24) is 10.6 Å². The summed E-state index contributed by atoms with van der Waals surface area (Å²) in [4.78, 5) is 23.2. The quantitative estimate of drug-likeness (QED) is 0.774. The molecule has 5 nitrogen and oxygen atoms in total. The van der Waals surface area contributed by atoms with Crippen LogP contribution in [0.4, 0.5) is 9.18 Å². The number of benzene rings is 1. The number of hydrogen-bond acceptors (Lipinski definition) is 2. The summed E-state index contributed by atoms with van der Waals surface area (Å²) in [5, 5.41) is 14.4. The summed E-state index contributed by atoms with van der Waals surface area (Å²) in [5.41, 5.74) is -0.442. The lowest BCUT2D eigenvalue weighted by Crippen LogP contribution is -2.55. The first-order valence-corrected chi connectivity index (χ1v) is 7.46. The molecule has 1 aromatic carbocycles. The van der Waals surface area contributed by atoms with Crippen molar-refractivity contribution in [3.8, 4) is 0 Å². The standard InChI is InChI=1S/C14H16BrFN2O3/c15-10-7-9(3-4-11(10)16)8-17-13(21)18-14(12(19)20)5-1-2-6-14/h3-4,7H,1-2,5-6,8H2,(H,19,20)(H2,17,18,21). The van der Waals surface area contributed by atoms with Gasteiger partial charge in [0, 0.05) is 6.54 Å². The highest BCUT2D eigenvalue weighted by atomic mass is 79.9. The number of hydrogen-bond donors (Lipinski definition) is 3. The predicted octanol–water partition coefficient (Wildman–Crippen LogP) is 2.78. The van der Waals surface area contributed by atoms with Crippen LogP contribution in [0.3, 0.4) is 0 Å². The van der Waals surface area contributed by atoms with E-state index >= 15 is 0 Å². The van der Waals surface area contributed by atoms with E-state index in [0.717, 1.165) is 12.8 Å². The largest absolute Gasteiger partial charge is 0.480 e. The van der Waals surface area contributed by atoms with Crippen LogP contribution in [0, 0.1) is 5.82 Å². The van der Waals surface area contributed by atoms with Crippen molar-refractivity contribution in [3.05, 3.63) is 34.1 Å². The fourth-order valence-corrected chi connectivity index (χ4v) is 2.89. The van der Waals surface area contributed by atoms with Gasteiger partial charge in [0.1, 0.15) is 11.4 Å². The van der Waals surface area contributed by atoms with Gasteiger partial charge in [-0.25, -0.2) is 14.0 Å². The number of carboxylic acid groups (broad SMARTS) is 1. The van der Waals surface area contributed by atoms with E-state index in [4.69, 9.17) is 0 Å². The predicted molar refractivity (Wildman–Crippen MR) is 78.3 cm³/mol. The average Bonchev–Trinajstić information content (AvgIpc) is 2.90. The van der Waals surface area contributed by atoms with Crippen molar-refractivity contribution in [1.29, 1.82) is 0 Å². The molecule has 1 saturated carbocycles. The van der Waals surface area contributed by atoms with E-state index in [1.165, 1.54) is 6.07 Å². The molecule has 0 heterocycles. The topological polar surface area (TPSA) is 78.4 Å². The number of urea groups is 1. The summed E-state index contributed by atoms with van der Waals surface area (Å²) in [6.45, 7) is 0.195. The maximum absolute atomic E-state index is 13.1. The van der Waals surface area contributed by atoms with Gasteiger partial charge < -0.3 is 15.7 Å². The molecule has 0 aliphatic heterocycles.